The highest BCUT2D eigenvalue weighted by Crippen LogP contribution is 2.54. The molecule has 0 bridgehead atoms. The number of hydrogen-bond donors (Lipinski definition) is 4. The minimum Gasteiger partial charge on any atom is -0.507 e. The summed E-state index contributed by atoms with van der Waals surface area (Å²) in [4.78, 5) is 33.8. The summed E-state index contributed by atoms with van der Waals surface area (Å²) in [5, 5.41) is 39.2. The van der Waals surface area contributed by atoms with Crippen LogP contribution in [-0.2, 0) is 16.0 Å². The van der Waals surface area contributed by atoms with E-state index >= 15 is 0 Å². The molecule has 4 N–H and O–H groups in total. The summed E-state index contributed by atoms with van der Waals surface area (Å²) < 4.78 is 5.38. The van der Waals surface area contributed by atoms with Gasteiger partial charge in [-0.15, -0.1) is 23.5 Å². The van der Waals surface area contributed by atoms with Crippen LogP contribution in [0.15, 0.2) is 12.1 Å². The van der Waals surface area contributed by atoms with Crippen molar-refractivity contribution in [2.75, 3.05) is 23.9 Å². The summed E-state index contributed by atoms with van der Waals surface area (Å²) >= 11 is 4.89. The smallest absolute Gasteiger partial charge is 0.303 e. The van der Waals surface area contributed by atoms with Crippen LogP contribution in [0, 0.1) is 0 Å². The highest BCUT2D eigenvalue weighted by atomic mass is 32.2. The van der Waals surface area contributed by atoms with Gasteiger partial charge in [-0.3, -0.25) is 14.4 Å². The van der Waals surface area contributed by atoms with Gasteiger partial charge in [0.1, 0.15) is 18.1 Å². The molecule has 0 aliphatic carbocycles. The Morgan fingerprint density at radius 1 is 1.20 bits per heavy atom. The number of benzene rings is 1. The first-order valence-electron chi connectivity index (χ1n) is 11.6. The van der Waals surface area contributed by atoms with Gasteiger partial charge < -0.3 is 25.2 Å². The molecule has 1 saturated heterocycles. The lowest BCUT2D eigenvalue weighted by molar-refractivity contribution is -0.137. The van der Waals surface area contributed by atoms with Gasteiger partial charge >= 0.3 is 11.9 Å². The molecule has 11 heteroatoms. The third-order valence-electron chi connectivity index (χ3n) is 5.52. The molecular formula is C24H34O8S3. The number of ether oxygens (including phenoxy) is 1. The number of aliphatic carboxylic acids is 2. The number of carbonyl (C=O) groups excluding carboxylic acids is 1. The second-order valence-corrected chi connectivity index (χ2v) is 12.9. The molecule has 2 atom stereocenters. The number of ketones is 1. The number of phenols is 1. The molecule has 0 saturated carbocycles. The normalized spacial score (nSPS) is 17.7. The van der Waals surface area contributed by atoms with Gasteiger partial charge in [-0.1, -0.05) is 13.3 Å². The van der Waals surface area contributed by atoms with Crippen LogP contribution in [0.4, 0.5) is 0 Å². The molecule has 2 unspecified atom stereocenters. The zero-order chi connectivity index (χ0) is 26.0. The number of aromatic hydroxyl groups is 1. The molecule has 1 aliphatic rings. The fraction of sp³-hybridized carbons (Fsp3) is 0.625. The van der Waals surface area contributed by atoms with Crippen LogP contribution in [0.2, 0.25) is 0 Å². The molecule has 1 aliphatic heterocycles. The zero-order valence-corrected chi connectivity index (χ0v) is 22.5. The number of Topliss-reactive ketones (excluding diaryl/α,β-unsaturated/α-hetero) is 1. The van der Waals surface area contributed by atoms with E-state index in [9.17, 15) is 24.6 Å². The minimum atomic E-state index is -0.881. The predicted octanol–water partition coefficient (Wildman–Crippen LogP) is 4.29. The van der Waals surface area contributed by atoms with E-state index in [1.165, 1.54) is 13.0 Å². The van der Waals surface area contributed by atoms with Gasteiger partial charge in [0.15, 0.2) is 5.78 Å². The molecule has 196 valence electrons. The van der Waals surface area contributed by atoms with E-state index in [1.807, 2.05) is 6.92 Å². The summed E-state index contributed by atoms with van der Waals surface area (Å²) in [5.74, 6) is 0.424. The molecule has 0 spiro atoms. The van der Waals surface area contributed by atoms with Crippen molar-refractivity contribution in [1.29, 1.82) is 0 Å². The molecule has 1 fully saturated rings. The number of thioether (sulfide) groups is 3. The molecule has 0 aromatic heterocycles. The molecule has 35 heavy (non-hydrogen) atoms. The van der Waals surface area contributed by atoms with Crippen LogP contribution in [0.1, 0.15) is 61.9 Å². The van der Waals surface area contributed by atoms with Crippen molar-refractivity contribution in [3.63, 3.8) is 0 Å². The van der Waals surface area contributed by atoms with Gasteiger partial charge in [0, 0.05) is 40.9 Å². The number of carbonyl (C=O) groups is 3. The third-order valence-corrected chi connectivity index (χ3v) is 10.8. The first-order chi connectivity index (χ1) is 16.6. The van der Waals surface area contributed by atoms with E-state index in [2.05, 4.69) is 0 Å². The van der Waals surface area contributed by atoms with E-state index in [0.717, 1.165) is 17.9 Å². The van der Waals surface area contributed by atoms with Crippen molar-refractivity contribution >= 4 is 53.0 Å². The lowest BCUT2D eigenvalue weighted by Crippen LogP contribution is -2.22. The highest BCUT2D eigenvalue weighted by Gasteiger charge is 2.41. The van der Waals surface area contributed by atoms with Gasteiger partial charge in [-0.25, -0.2) is 0 Å². The van der Waals surface area contributed by atoms with Crippen molar-refractivity contribution in [2.24, 2.45) is 0 Å². The fourth-order valence-corrected chi connectivity index (χ4v) is 8.88. The number of aliphatic hydroxyl groups is 1. The largest absolute Gasteiger partial charge is 0.507 e. The number of aliphatic hydroxyl groups excluding tert-OH is 1. The second kappa shape index (κ2) is 14.2. The molecule has 8 nitrogen and oxygen atoms in total. The maximum atomic E-state index is 11.7. The summed E-state index contributed by atoms with van der Waals surface area (Å²) in [7, 11) is 0. The number of hydrogen-bond acceptors (Lipinski definition) is 9. The maximum Gasteiger partial charge on any atom is 0.303 e. The van der Waals surface area contributed by atoms with Crippen LogP contribution in [-0.4, -0.2) is 77.4 Å². The molecule has 1 heterocycles. The first kappa shape index (κ1) is 29.7. The second-order valence-electron chi connectivity index (χ2n) is 8.50. The highest BCUT2D eigenvalue weighted by molar-refractivity contribution is 8.22. The molecular weight excluding hydrogens is 512 g/mol. The summed E-state index contributed by atoms with van der Waals surface area (Å²) in [6.45, 7) is 3.42. The summed E-state index contributed by atoms with van der Waals surface area (Å²) in [6.07, 6.45) is 1.47. The van der Waals surface area contributed by atoms with Crippen molar-refractivity contribution in [2.45, 2.75) is 67.8 Å². The van der Waals surface area contributed by atoms with E-state index in [1.54, 1.807) is 41.4 Å². The Morgan fingerprint density at radius 2 is 1.86 bits per heavy atom. The fourth-order valence-electron chi connectivity index (χ4n) is 3.78. The Morgan fingerprint density at radius 3 is 2.43 bits per heavy atom. The number of rotatable bonds is 16. The lowest BCUT2D eigenvalue weighted by Gasteiger charge is -2.26. The van der Waals surface area contributed by atoms with Crippen LogP contribution in [0.25, 0.3) is 0 Å². The number of carboxylic acid groups (broad SMARTS) is 2. The molecule has 1 aromatic rings. The van der Waals surface area contributed by atoms with E-state index in [-0.39, 0.29) is 41.8 Å². The Kier molecular flexibility index (Phi) is 12.1. The van der Waals surface area contributed by atoms with Crippen LogP contribution < -0.4 is 4.74 Å². The zero-order valence-electron chi connectivity index (χ0n) is 20.0. The van der Waals surface area contributed by atoms with E-state index in [4.69, 9.17) is 14.9 Å². The maximum absolute atomic E-state index is 11.7. The Hall–Kier alpha value is -1.56. The van der Waals surface area contributed by atoms with Crippen molar-refractivity contribution in [3.05, 3.63) is 23.3 Å². The number of carboxylic acids is 2. The Balaban J connectivity index is 1.84. The van der Waals surface area contributed by atoms with Gasteiger partial charge in [-0.2, -0.15) is 11.8 Å². The van der Waals surface area contributed by atoms with Gasteiger partial charge in [0.25, 0.3) is 0 Å². The number of phenolic OH excluding ortho intramolecular Hbond substituents is 1. The van der Waals surface area contributed by atoms with Gasteiger partial charge in [-0.05, 0) is 38.3 Å². The average molecular weight is 547 g/mol. The predicted molar refractivity (Wildman–Crippen MR) is 141 cm³/mol. The van der Waals surface area contributed by atoms with Crippen LogP contribution in [0.3, 0.4) is 0 Å². The first-order valence-corrected chi connectivity index (χ1v) is 14.6. The van der Waals surface area contributed by atoms with E-state index in [0.29, 0.717) is 36.3 Å². The summed E-state index contributed by atoms with van der Waals surface area (Å²) in [6, 6.07) is 3.19. The van der Waals surface area contributed by atoms with Crippen LogP contribution in [0.5, 0.6) is 11.5 Å². The van der Waals surface area contributed by atoms with Crippen molar-refractivity contribution in [3.8, 4) is 11.5 Å². The quantitative estimate of drug-likeness (QED) is 0.221. The van der Waals surface area contributed by atoms with Crippen molar-refractivity contribution in [1.82, 2.24) is 0 Å². The van der Waals surface area contributed by atoms with Crippen molar-refractivity contribution < 1.29 is 39.5 Å². The lowest BCUT2D eigenvalue weighted by atomic mass is 10.0. The third kappa shape index (κ3) is 9.44. The average Bonchev–Trinajstić information content (AvgIpc) is 3.20. The minimum absolute atomic E-state index is 0.0124. The molecule has 0 radical (unpaired) electrons. The Bertz CT molecular complexity index is 874. The summed E-state index contributed by atoms with van der Waals surface area (Å²) in [5.41, 5.74) is 0.824. The topological polar surface area (TPSA) is 141 Å². The Labute approximate surface area is 218 Å². The van der Waals surface area contributed by atoms with Gasteiger partial charge in [0.2, 0.25) is 0 Å². The molecule has 1 aromatic carbocycles. The van der Waals surface area contributed by atoms with Crippen LogP contribution >= 0.6 is 35.3 Å². The SMILES string of the molecule is CCCc1c(OCC(O)CSCC2CSC(CCC(=O)O)(CCC(=O)O)S2)ccc(C(C)=O)c1O. The molecule has 2 rings (SSSR count). The van der Waals surface area contributed by atoms with E-state index < -0.39 is 22.1 Å². The molecule has 0 amide bonds. The van der Waals surface area contributed by atoms with Gasteiger partial charge in [0.05, 0.1) is 15.7 Å². The standard InChI is InChI=1S/C24H34O8S3/c1-3-4-19-20(6-5-18(15(2)25)23(19)31)32-11-16(26)12-33-13-17-14-34-24(35-17,9-7-21(27)28)10-8-22(29)30/h5-6,16-17,26,31H,3-4,7-14H2,1-2H3,(H,27,28)(H,29,30). The monoisotopic (exact) mass is 546 g/mol.